The highest BCUT2D eigenvalue weighted by Crippen LogP contribution is 2.17. The molecule has 1 aliphatic rings. The number of amides is 1. The van der Waals surface area contributed by atoms with E-state index in [0.29, 0.717) is 30.8 Å². The zero-order valence-corrected chi connectivity index (χ0v) is 12.7. The molecule has 0 radical (unpaired) electrons. The second-order valence-corrected chi connectivity index (χ2v) is 7.87. The Hall–Kier alpha value is -1.07. The van der Waals surface area contributed by atoms with Crippen LogP contribution in [0.4, 0.5) is 0 Å². The van der Waals surface area contributed by atoms with Crippen molar-refractivity contribution in [2.75, 3.05) is 18.1 Å². The van der Waals surface area contributed by atoms with Crippen molar-refractivity contribution in [2.45, 2.75) is 19.3 Å². The predicted octanol–water partition coefficient (Wildman–Crippen LogP) is 1.82. The number of halogens is 1. The van der Waals surface area contributed by atoms with Crippen molar-refractivity contribution in [1.82, 2.24) is 5.32 Å². The summed E-state index contributed by atoms with van der Waals surface area (Å²) in [7, 11) is -2.87. The Kier molecular flexibility index (Phi) is 5.05. The molecule has 1 saturated heterocycles. The van der Waals surface area contributed by atoms with E-state index >= 15 is 0 Å². The van der Waals surface area contributed by atoms with Crippen LogP contribution in [0.2, 0.25) is 5.02 Å². The maximum Gasteiger partial charge on any atom is 0.220 e. The summed E-state index contributed by atoms with van der Waals surface area (Å²) >= 11 is 5.88. The Balaban J connectivity index is 1.71. The van der Waals surface area contributed by atoms with Crippen molar-refractivity contribution in [3.8, 4) is 0 Å². The largest absolute Gasteiger partial charge is 0.356 e. The maximum atomic E-state index is 11.7. The molecule has 0 aliphatic carbocycles. The molecule has 1 atom stereocenters. The summed E-state index contributed by atoms with van der Waals surface area (Å²) in [6.45, 7) is 0.452. The number of sulfone groups is 1. The molecule has 1 fully saturated rings. The van der Waals surface area contributed by atoms with E-state index in [1.54, 1.807) is 6.07 Å². The summed E-state index contributed by atoms with van der Waals surface area (Å²) in [6, 6.07) is 7.44. The topological polar surface area (TPSA) is 63.2 Å². The Morgan fingerprint density at radius 1 is 1.40 bits per heavy atom. The molecule has 1 N–H and O–H groups in total. The SMILES string of the molecule is O=C(CCc1cccc(Cl)c1)NCC1CCS(=O)(=O)C1. The summed E-state index contributed by atoms with van der Waals surface area (Å²) < 4.78 is 22.6. The summed E-state index contributed by atoms with van der Waals surface area (Å²) in [4.78, 5) is 11.7. The van der Waals surface area contributed by atoms with Crippen LogP contribution in [0.5, 0.6) is 0 Å². The molecule has 0 aromatic heterocycles. The fraction of sp³-hybridized carbons (Fsp3) is 0.500. The number of carbonyl (C=O) groups excluding carboxylic acids is 1. The van der Waals surface area contributed by atoms with Gasteiger partial charge in [-0.1, -0.05) is 23.7 Å². The third kappa shape index (κ3) is 4.80. The quantitative estimate of drug-likeness (QED) is 0.901. The van der Waals surface area contributed by atoms with Crippen LogP contribution < -0.4 is 5.32 Å². The van der Waals surface area contributed by atoms with Crippen LogP contribution in [0.3, 0.4) is 0 Å². The molecular formula is C14H18ClNO3S. The zero-order valence-electron chi connectivity index (χ0n) is 11.1. The monoisotopic (exact) mass is 315 g/mol. The number of carbonyl (C=O) groups is 1. The van der Waals surface area contributed by atoms with Crippen LogP contribution in [0.1, 0.15) is 18.4 Å². The molecule has 1 aromatic rings. The van der Waals surface area contributed by atoms with Crippen LogP contribution in [0.25, 0.3) is 0 Å². The van der Waals surface area contributed by atoms with Gasteiger partial charge in [0.1, 0.15) is 0 Å². The van der Waals surface area contributed by atoms with Gasteiger partial charge in [-0.25, -0.2) is 8.42 Å². The molecule has 2 rings (SSSR count). The Bertz CT molecular complexity index is 586. The van der Waals surface area contributed by atoms with Gasteiger partial charge in [0, 0.05) is 18.0 Å². The van der Waals surface area contributed by atoms with Gasteiger partial charge in [-0.3, -0.25) is 4.79 Å². The first-order valence-electron chi connectivity index (χ1n) is 6.66. The lowest BCUT2D eigenvalue weighted by Crippen LogP contribution is -2.29. The first-order chi connectivity index (χ1) is 9.44. The molecule has 1 aliphatic heterocycles. The lowest BCUT2D eigenvalue weighted by molar-refractivity contribution is -0.121. The zero-order chi connectivity index (χ0) is 14.6. The standard InChI is InChI=1S/C14H18ClNO3S/c15-13-3-1-2-11(8-13)4-5-14(17)16-9-12-6-7-20(18,19)10-12/h1-3,8,12H,4-7,9-10H2,(H,16,17). The maximum absolute atomic E-state index is 11.7. The molecule has 110 valence electrons. The van der Waals surface area contributed by atoms with E-state index in [1.165, 1.54) is 0 Å². The summed E-state index contributed by atoms with van der Waals surface area (Å²) in [6.07, 6.45) is 1.67. The molecule has 1 heterocycles. The van der Waals surface area contributed by atoms with Crippen LogP contribution in [0.15, 0.2) is 24.3 Å². The average Bonchev–Trinajstić information content (AvgIpc) is 2.74. The molecule has 1 aromatic carbocycles. The van der Waals surface area contributed by atoms with Crippen LogP contribution in [-0.2, 0) is 21.1 Å². The lowest BCUT2D eigenvalue weighted by atomic mass is 10.1. The van der Waals surface area contributed by atoms with Gasteiger partial charge in [-0.15, -0.1) is 0 Å². The van der Waals surface area contributed by atoms with Crippen molar-refractivity contribution in [1.29, 1.82) is 0 Å². The Labute approximate surface area is 124 Å². The first kappa shape index (κ1) is 15.3. The van der Waals surface area contributed by atoms with Gasteiger partial charge in [0.2, 0.25) is 5.91 Å². The van der Waals surface area contributed by atoms with Crippen molar-refractivity contribution in [3.05, 3.63) is 34.9 Å². The number of hydrogen-bond acceptors (Lipinski definition) is 3. The third-order valence-corrected chi connectivity index (χ3v) is 5.52. The molecule has 1 amide bonds. The van der Waals surface area contributed by atoms with Crippen molar-refractivity contribution < 1.29 is 13.2 Å². The van der Waals surface area contributed by atoms with Gasteiger partial charge in [0.15, 0.2) is 9.84 Å². The van der Waals surface area contributed by atoms with E-state index in [-0.39, 0.29) is 23.3 Å². The molecular weight excluding hydrogens is 298 g/mol. The number of benzene rings is 1. The molecule has 20 heavy (non-hydrogen) atoms. The van der Waals surface area contributed by atoms with Crippen LogP contribution in [-0.4, -0.2) is 32.4 Å². The minimum absolute atomic E-state index is 0.0470. The minimum Gasteiger partial charge on any atom is -0.356 e. The fourth-order valence-corrected chi connectivity index (χ4v) is 4.40. The van der Waals surface area contributed by atoms with Gasteiger partial charge in [-0.2, -0.15) is 0 Å². The second kappa shape index (κ2) is 6.59. The summed E-state index contributed by atoms with van der Waals surface area (Å²) in [5, 5.41) is 3.48. The van der Waals surface area contributed by atoms with Crippen LogP contribution >= 0.6 is 11.6 Å². The van der Waals surface area contributed by atoms with Gasteiger partial charge >= 0.3 is 0 Å². The van der Waals surface area contributed by atoms with E-state index < -0.39 is 9.84 Å². The number of rotatable bonds is 5. The molecule has 0 spiro atoms. The predicted molar refractivity (Wildman–Crippen MR) is 79.5 cm³/mol. The number of aryl methyl sites for hydroxylation is 1. The summed E-state index contributed by atoms with van der Waals surface area (Å²) in [5.74, 6) is 0.460. The van der Waals surface area contributed by atoms with E-state index in [0.717, 1.165) is 5.56 Å². The van der Waals surface area contributed by atoms with E-state index in [4.69, 9.17) is 11.6 Å². The molecule has 0 saturated carbocycles. The highest BCUT2D eigenvalue weighted by atomic mass is 35.5. The van der Waals surface area contributed by atoms with E-state index in [9.17, 15) is 13.2 Å². The second-order valence-electron chi connectivity index (χ2n) is 5.20. The highest BCUT2D eigenvalue weighted by molar-refractivity contribution is 7.91. The normalized spacial score (nSPS) is 20.8. The van der Waals surface area contributed by atoms with Gasteiger partial charge in [0.25, 0.3) is 0 Å². The van der Waals surface area contributed by atoms with Gasteiger partial charge < -0.3 is 5.32 Å². The van der Waals surface area contributed by atoms with Crippen molar-refractivity contribution in [2.24, 2.45) is 5.92 Å². The van der Waals surface area contributed by atoms with Gasteiger partial charge in [0.05, 0.1) is 11.5 Å². The molecule has 1 unspecified atom stereocenters. The minimum atomic E-state index is -2.87. The first-order valence-corrected chi connectivity index (χ1v) is 8.86. The van der Waals surface area contributed by atoms with E-state index in [1.807, 2.05) is 18.2 Å². The Morgan fingerprint density at radius 3 is 2.85 bits per heavy atom. The highest BCUT2D eigenvalue weighted by Gasteiger charge is 2.27. The Morgan fingerprint density at radius 2 is 2.20 bits per heavy atom. The van der Waals surface area contributed by atoms with E-state index in [2.05, 4.69) is 5.32 Å². The van der Waals surface area contributed by atoms with Crippen molar-refractivity contribution >= 4 is 27.3 Å². The molecule has 6 heteroatoms. The smallest absolute Gasteiger partial charge is 0.220 e. The number of nitrogens with one attached hydrogen (secondary N) is 1. The number of hydrogen-bond donors (Lipinski definition) is 1. The average molecular weight is 316 g/mol. The van der Waals surface area contributed by atoms with Gasteiger partial charge in [-0.05, 0) is 36.5 Å². The fourth-order valence-electron chi connectivity index (χ4n) is 2.33. The summed E-state index contributed by atoms with van der Waals surface area (Å²) in [5.41, 5.74) is 1.02. The van der Waals surface area contributed by atoms with Crippen molar-refractivity contribution in [3.63, 3.8) is 0 Å². The molecule has 4 nitrogen and oxygen atoms in total. The molecule has 0 bridgehead atoms. The lowest BCUT2D eigenvalue weighted by Gasteiger charge is -2.09. The third-order valence-electron chi connectivity index (χ3n) is 3.44. The van der Waals surface area contributed by atoms with Crippen LogP contribution in [0, 0.1) is 5.92 Å².